The van der Waals surface area contributed by atoms with Gasteiger partial charge < -0.3 is 15.6 Å². The number of rotatable bonds is 3. The fourth-order valence-electron chi connectivity index (χ4n) is 2.84. The lowest BCUT2D eigenvalue weighted by Gasteiger charge is -2.19. The standard InChI is InChI=1S/C16H17FN4O.2ClH/c17-14-11-5-6-18-7-10(11)3-4-12(14)21-16(22)13-8-19-15(20-13)9-1-2-9;;/h3-4,8-9,18H,1-2,5-7H2,(H,19,20)(H,21,22);2*1H. The molecule has 24 heavy (non-hydrogen) atoms. The summed E-state index contributed by atoms with van der Waals surface area (Å²) >= 11 is 0. The van der Waals surface area contributed by atoms with Gasteiger partial charge in [-0.15, -0.1) is 24.8 Å². The molecule has 2 aromatic rings. The lowest BCUT2D eigenvalue weighted by atomic mass is 9.99. The SMILES string of the molecule is Cl.Cl.O=C(Nc1ccc2c(c1F)CCNC2)c1cnc(C2CC2)[nH]1. The van der Waals surface area contributed by atoms with Crippen LogP contribution < -0.4 is 10.6 Å². The summed E-state index contributed by atoms with van der Waals surface area (Å²) in [6, 6.07) is 3.49. The van der Waals surface area contributed by atoms with Crippen LogP contribution in [-0.2, 0) is 13.0 Å². The number of fused-ring (bicyclic) bond motifs is 1. The molecule has 5 nitrogen and oxygen atoms in total. The zero-order valence-electron chi connectivity index (χ0n) is 12.9. The van der Waals surface area contributed by atoms with Gasteiger partial charge >= 0.3 is 0 Å². The maximum Gasteiger partial charge on any atom is 0.273 e. The van der Waals surface area contributed by atoms with Crippen LogP contribution in [-0.4, -0.2) is 22.4 Å². The monoisotopic (exact) mass is 372 g/mol. The first-order valence-electron chi connectivity index (χ1n) is 7.59. The predicted octanol–water partition coefficient (Wildman–Crippen LogP) is 3.17. The van der Waals surface area contributed by atoms with Crippen molar-refractivity contribution in [3.63, 3.8) is 0 Å². The Kier molecular flexibility index (Phi) is 5.85. The molecule has 3 N–H and O–H groups in total. The van der Waals surface area contributed by atoms with E-state index in [1.807, 2.05) is 6.07 Å². The first-order valence-corrected chi connectivity index (χ1v) is 7.59. The van der Waals surface area contributed by atoms with E-state index in [-0.39, 0.29) is 42.2 Å². The molecular formula is C16H19Cl2FN4O. The van der Waals surface area contributed by atoms with Gasteiger partial charge in [0.05, 0.1) is 11.9 Å². The highest BCUT2D eigenvalue weighted by Gasteiger charge is 2.27. The van der Waals surface area contributed by atoms with Crippen LogP contribution in [0.3, 0.4) is 0 Å². The Labute approximate surface area is 151 Å². The van der Waals surface area contributed by atoms with Crippen LogP contribution in [0.4, 0.5) is 10.1 Å². The van der Waals surface area contributed by atoms with Crippen LogP contribution in [0.2, 0.25) is 0 Å². The molecule has 0 spiro atoms. The van der Waals surface area contributed by atoms with Gasteiger partial charge in [-0.3, -0.25) is 4.79 Å². The molecule has 1 fully saturated rings. The fraction of sp³-hybridized carbons (Fsp3) is 0.375. The van der Waals surface area contributed by atoms with Crippen molar-refractivity contribution in [2.24, 2.45) is 0 Å². The van der Waals surface area contributed by atoms with Crippen molar-refractivity contribution in [1.82, 2.24) is 15.3 Å². The largest absolute Gasteiger partial charge is 0.338 e. The Balaban J connectivity index is 0.00000104. The smallest absolute Gasteiger partial charge is 0.273 e. The zero-order chi connectivity index (χ0) is 15.1. The maximum atomic E-state index is 14.5. The highest BCUT2D eigenvalue weighted by Crippen LogP contribution is 2.38. The molecule has 130 valence electrons. The predicted molar refractivity (Wildman–Crippen MR) is 94.8 cm³/mol. The fourth-order valence-corrected chi connectivity index (χ4v) is 2.84. The number of imidazole rings is 1. The van der Waals surface area contributed by atoms with E-state index in [1.165, 1.54) is 6.20 Å². The van der Waals surface area contributed by atoms with Crippen LogP contribution in [0.1, 0.15) is 46.2 Å². The van der Waals surface area contributed by atoms with Crippen LogP contribution >= 0.6 is 24.8 Å². The van der Waals surface area contributed by atoms with Gasteiger partial charge in [0.25, 0.3) is 5.91 Å². The molecule has 1 aromatic heterocycles. The molecule has 0 atom stereocenters. The van der Waals surface area contributed by atoms with Crippen LogP contribution in [0.25, 0.3) is 0 Å². The van der Waals surface area contributed by atoms with Gasteiger partial charge in [-0.2, -0.15) is 0 Å². The second-order valence-electron chi connectivity index (χ2n) is 5.90. The Morgan fingerprint density at radius 3 is 2.83 bits per heavy atom. The number of carbonyl (C=O) groups is 1. The number of hydrogen-bond donors (Lipinski definition) is 3. The van der Waals surface area contributed by atoms with Crippen molar-refractivity contribution >= 4 is 36.4 Å². The Morgan fingerprint density at radius 1 is 1.29 bits per heavy atom. The molecule has 0 bridgehead atoms. The molecule has 4 rings (SSSR count). The number of benzene rings is 1. The van der Waals surface area contributed by atoms with E-state index < -0.39 is 0 Å². The molecule has 1 aromatic carbocycles. The molecule has 2 heterocycles. The number of nitrogens with one attached hydrogen (secondary N) is 3. The number of carbonyl (C=O) groups excluding carboxylic acids is 1. The molecule has 0 unspecified atom stereocenters. The lowest BCUT2D eigenvalue weighted by molar-refractivity contribution is 0.102. The first kappa shape index (κ1) is 18.7. The van der Waals surface area contributed by atoms with Gasteiger partial charge in [-0.1, -0.05) is 6.07 Å². The second-order valence-corrected chi connectivity index (χ2v) is 5.90. The summed E-state index contributed by atoms with van der Waals surface area (Å²) in [5.74, 6) is 0.623. The molecule has 1 amide bonds. The molecule has 1 aliphatic carbocycles. The first-order chi connectivity index (χ1) is 10.7. The normalized spacial score (nSPS) is 15.7. The van der Waals surface area contributed by atoms with Crippen molar-refractivity contribution in [2.75, 3.05) is 11.9 Å². The number of nitrogens with zero attached hydrogens (tertiary/aromatic N) is 1. The van der Waals surface area contributed by atoms with E-state index in [4.69, 9.17) is 0 Å². The van der Waals surface area contributed by atoms with Crippen LogP contribution in [0.5, 0.6) is 0 Å². The molecular weight excluding hydrogens is 354 g/mol. The number of hydrogen-bond acceptors (Lipinski definition) is 3. The Hall–Kier alpha value is -1.63. The quantitative estimate of drug-likeness (QED) is 0.774. The molecule has 2 aliphatic rings. The number of aromatic amines is 1. The van der Waals surface area contributed by atoms with Crippen molar-refractivity contribution in [1.29, 1.82) is 0 Å². The summed E-state index contributed by atoms with van der Waals surface area (Å²) < 4.78 is 14.5. The van der Waals surface area contributed by atoms with Gasteiger partial charge in [0.15, 0.2) is 0 Å². The summed E-state index contributed by atoms with van der Waals surface area (Å²) in [5, 5.41) is 5.85. The van der Waals surface area contributed by atoms with E-state index in [1.54, 1.807) is 6.07 Å². The van der Waals surface area contributed by atoms with Crippen LogP contribution in [0, 0.1) is 5.82 Å². The summed E-state index contributed by atoms with van der Waals surface area (Å²) in [5.41, 5.74) is 2.26. The lowest BCUT2D eigenvalue weighted by Crippen LogP contribution is -2.25. The molecule has 0 radical (unpaired) electrons. The Morgan fingerprint density at radius 2 is 2.08 bits per heavy atom. The Bertz CT molecular complexity index is 746. The minimum absolute atomic E-state index is 0. The highest BCUT2D eigenvalue weighted by atomic mass is 35.5. The number of halogens is 3. The van der Waals surface area contributed by atoms with Crippen molar-refractivity contribution in [3.05, 3.63) is 46.8 Å². The molecule has 0 saturated heterocycles. The minimum atomic E-state index is -0.354. The number of anilines is 1. The topological polar surface area (TPSA) is 69.8 Å². The third-order valence-electron chi connectivity index (χ3n) is 4.26. The van der Waals surface area contributed by atoms with E-state index in [2.05, 4.69) is 20.6 Å². The summed E-state index contributed by atoms with van der Waals surface area (Å²) in [6.45, 7) is 1.43. The molecule has 1 aliphatic heterocycles. The number of amides is 1. The second kappa shape index (κ2) is 7.51. The third kappa shape index (κ3) is 3.55. The zero-order valence-corrected chi connectivity index (χ0v) is 14.5. The van der Waals surface area contributed by atoms with Crippen molar-refractivity contribution < 1.29 is 9.18 Å². The van der Waals surface area contributed by atoms with Crippen molar-refractivity contribution in [3.8, 4) is 0 Å². The molecule has 1 saturated carbocycles. The van der Waals surface area contributed by atoms with E-state index in [0.717, 1.165) is 30.8 Å². The average molecular weight is 373 g/mol. The van der Waals surface area contributed by atoms with E-state index in [0.29, 0.717) is 30.1 Å². The molecule has 8 heteroatoms. The summed E-state index contributed by atoms with van der Waals surface area (Å²) in [6.07, 6.45) is 4.38. The van der Waals surface area contributed by atoms with E-state index >= 15 is 0 Å². The summed E-state index contributed by atoms with van der Waals surface area (Å²) in [7, 11) is 0. The van der Waals surface area contributed by atoms with Gasteiger partial charge in [0, 0.05) is 12.5 Å². The average Bonchev–Trinajstić information content (AvgIpc) is 3.27. The minimum Gasteiger partial charge on any atom is -0.338 e. The van der Waals surface area contributed by atoms with Crippen LogP contribution in [0.15, 0.2) is 18.3 Å². The number of H-pyrrole nitrogens is 1. The maximum absolute atomic E-state index is 14.5. The van der Waals surface area contributed by atoms with Gasteiger partial charge in [0.2, 0.25) is 0 Å². The van der Waals surface area contributed by atoms with Gasteiger partial charge in [0.1, 0.15) is 17.3 Å². The van der Waals surface area contributed by atoms with Gasteiger partial charge in [-0.25, -0.2) is 9.37 Å². The van der Waals surface area contributed by atoms with Gasteiger partial charge in [-0.05, 0) is 43.0 Å². The third-order valence-corrected chi connectivity index (χ3v) is 4.26. The highest BCUT2D eigenvalue weighted by molar-refractivity contribution is 6.02. The van der Waals surface area contributed by atoms with E-state index in [9.17, 15) is 9.18 Å². The number of aromatic nitrogens is 2. The van der Waals surface area contributed by atoms with Crippen molar-refractivity contribution in [2.45, 2.75) is 31.7 Å². The summed E-state index contributed by atoms with van der Waals surface area (Å²) in [4.78, 5) is 19.5.